The molecule has 0 aliphatic carbocycles. The van der Waals surface area contributed by atoms with E-state index in [4.69, 9.17) is 0 Å². The summed E-state index contributed by atoms with van der Waals surface area (Å²) in [7, 11) is 0. The summed E-state index contributed by atoms with van der Waals surface area (Å²) in [6.07, 6.45) is 0.958. The van der Waals surface area contributed by atoms with Crippen molar-refractivity contribution in [3.63, 3.8) is 0 Å². The lowest BCUT2D eigenvalue weighted by molar-refractivity contribution is 0.103. The average molecular weight is 291 g/mol. The van der Waals surface area contributed by atoms with Crippen LogP contribution in [0.4, 0.5) is 0 Å². The quantitative estimate of drug-likeness (QED) is 0.663. The van der Waals surface area contributed by atoms with Crippen molar-refractivity contribution in [3.05, 3.63) is 76.9 Å². The number of Topliss-reactive ketones (excluding diaryl/α,β-unsaturated/α-hetero) is 1. The fourth-order valence-corrected chi connectivity index (χ4v) is 3.06. The summed E-state index contributed by atoms with van der Waals surface area (Å²) >= 11 is 0. The van der Waals surface area contributed by atoms with Gasteiger partial charge in [-0.2, -0.15) is 0 Å². The van der Waals surface area contributed by atoms with Crippen LogP contribution in [0.1, 0.15) is 42.3 Å². The van der Waals surface area contributed by atoms with Gasteiger partial charge < -0.3 is 5.32 Å². The molecule has 0 saturated heterocycles. The van der Waals surface area contributed by atoms with E-state index >= 15 is 0 Å². The number of allylic oxidation sites excluding steroid dienone is 1. The van der Waals surface area contributed by atoms with Crippen molar-refractivity contribution in [1.82, 2.24) is 5.32 Å². The van der Waals surface area contributed by atoms with Gasteiger partial charge in [0, 0.05) is 27.9 Å². The van der Waals surface area contributed by atoms with Crippen LogP contribution in [-0.2, 0) is 6.42 Å². The number of carbonyl (C=O) groups excluding carboxylic acids is 1. The van der Waals surface area contributed by atoms with Gasteiger partial charge in [0.1, 0.15) is 0 Å². The standard InChI is InChI=1S/C20H21NO/c1-14(19(22)15-9-5-4-6-10-15)18-17-12-8-7-11-16(17)13-20(2,3)21-18/h4-12,21H,13H2,1-3H3. The Labute approximate surface area is 131 Å². The summed E-state index contributed by atoms with van der Waals surface area (Å²) in [5.41, 5.74) is 4.84. The third kappa shape index (κ3) is 2.69. The van der Waals surface area contributed by atoms with Gasteiger partial charge in [-0.3, -0.25) is 4.79 Å². The van der Waals surface area contributed by atoms with Crippen LogP contribution in [0.3, 0.4) is 0 Å². The van der Waals surface area contributed by atoms with Gasteiger partial charge in [0.05, 0.1) is 0 Å². The van der Waals surface area contributed by atoms with Crippen LogP contribution in [0.25, 0.3) is 5.70 Å². The molecule has 3 rings (SSSR count). The lowest BCUT2D eigenvalue weighted by atomic mass is 9.84. The van der Waals surface area contributed by atoms with Gasteiger partial charge in [-0.1, -0.05) is 54.6 Å². The van der Waals surface area contributed by atoms with Gasteiger partial charge in [-0.15, -0.1) is 0 Å². The van der Waals surface area contributed by atoms with Crippen LogP contribution in [0.5, 0.6) is 0 Å². The molecule has 1 aliphatic heterocycles. The van der Waals surface area contributed by atoms with E-state index in [0.29, 0.717) is 0 Å². The lowest BCUT2D eigenvalue weighted by Crippen LogP contribution is -2.44. The minimum absolute atomic E-state index is 0.0537. The smallest absolute Gasteiger partial charge is 0.190 e. The molecule has 0 bridgehead atoms. The summed E-state index contributed by atoms with van der Waals surface area (Å²) in [6, 6.07) is 17.8. The number of benzene rings is 2. The molecule has 2 aromatic rings. The maximum Gasteiger partial charge on any atom is 0.190 e. The second kappa shape index (κ2) is 5.45. The summed E-state index contributed by atoms with van der Waals surface area (Å²) < 4.78 is 0. The van der Waals surface area contributed by atoms with E-state index in [0.717, 1.165) is 28.8 Å². The highest BCUT2D eigenvalue weighted by molar-refractivity contribution is 6.12. The Morgan fingerprint density at radius 2 is 1.64 bits per heavy atom. The molecule has 2 aromatic carbocycles. The van der Waals surface area contributed by atoms with Crippen molar-refractivity contribution < 1.29 is 4.79 Å². The minimum atomic E-state index is -0.0537. The van der Waals surface area contributed by atoms with Crippen molar-refractivity contribution >= 4 is 11.5 Å². The third-order valence-corrected chi connectivity index (χ3v) is 4.13. The number of rotatable bonds is 2. The summed E-state index contributed by atoms with van der Waals surface area (Å²) in [5.74, 6) is 0.0793. The Morgan fingerprint density at radius 3 is 2.36 bits per heavy atom. The van der Waals surface area contributed by atoms with Crippen LogP contribution in [0.2, 0.25) is 0 Å². The van der Waals surface area contributed by atoms with Crippen LogP contribution >= 0.6 is 0 Å². The van der Waals surface area contributed by atoms with Crippen LogP contribution in [0, 0.1) is 0 Å². The molecular weight excluding hydrogens is 270 g/mol. The molecular formula is C20H21NO. The predicted octanol–water partition coefficient (Wildman–Crippen LogP) is 4.22. The third-order valence-electron chi connectivity index (χ3n) is 4.13. The Bertz CT molecular complexity index is 741. The highest BCUT2D eigenvalue weighted by atomic mass is 16.1. The van der Waals surface area contributed by atoms with Crippen molar-refractivity contribution in [2.24, 2.45) is 0 Å². The first kappa shape index (κ1) is 14.6. The molecule has 22 heavy (non-hydrogen) atoms. The van der Waals surface area contributed by atoms with Crippen molar-refractivity contribution in [1.29, 1.82) is 0 Å². The van der Waals surface area contributed by atoms with Gasteiger partial charge in [-0.25, -0.2) is 0 Å². The number of hydrogen-bond donors (Lipinski definition) is 1. The van der Waals surface area contributed by atoms with E-state index in [1.54, 1.807) is 0 Å². The van der Waals surface area contributed by atoms with Crippen molar-refractivity contribution in [2.75, 3.05) is 0 Å². The van der Waals surface area contributed by atoms with E-state index in [9.17, 15) is 4.79 Å². The highest BCUT2D eigenvalue weighted by Gasteiger charge is 2.29. The zero-order valence-corrected chi connectivity index (χ0v) is 13.3. The molecule has 1 N–H and O–H groups in total. The first-order valence-electron chi connectivity index (χ1n) is 7.65. The molecule has 1 aliphatic rings. The molecule has 0 aromatic heterocycles. The molecule has 2 heteroatoms. The first-order chi connectivity index (χ1) is 10.5. The summed E-state index contributed by atoms with van der Waals surface area (Å²) in [6.45, 7) is 6.25. The summed E-state index contributed by atoms with van der Waals surface area (Å²) in [4.78, 5) is 12.8. The summed E-state index contributed by atoms with van der Waals surface area (Å²) in [5, 5.41) is 3.56. The van der Waals surface area contributed by atoms with Crippen LogP contribution < -0.4 is 5.32 Å². The molecule has 2 nitrogen and oxygen atoms in total. The van der Waals surface area contributed by atoms with Gasteiger partial charge in [0.25, 0.3) is 0 Å². The molecule has 0 unspecified atom stereocenters. The monoisotopic (exact) mass is 291 g/mol. The predicted molar refractivity (Wildman–Crippen MR) is 90.7 cm³/mol. The number of carbonyl (C=O) groups is 1. The largest absolute Gasteiger partial charge is 0.379 e. The fraction of sp³-hybridized carbons (Fsp3) is 0.250. The topological polar surface area (TPSA) is 29.1 Å². The molecule has 112 valence electrons. The van der Waals surface area contributed by atoms with Crippen molar-refractivity contribution in [2.45, 2.75) is 32.7 Å². The number of hydrogen-bond acceptors (Lipinski definition) is 2. The van der Waals surface area contributed by atoms with Gasteiger partial charge in [0.15, 0.2) is 5.78 Å². The van der Waals surface area contributed by atoms with Crippen LogP contribution in [0.15, 0.2) is 60.2 Å². The molecule has 0 amide bonds. The Balaban J connectivity index is 2.11. The van der Waals surface area contributed by atoms with E-state index in [1.165, 1.54) is 5.56 Å². The maximum atomic E-state index is 12.8. The lowest BCUT2D eigenvalue weighted by Gasteiger charge is -2.36. The number of nitrogens with one attached hydrogen (secondary N) is 1. The SMILES string of the molecule is CC(C(=O)c1ccccc1)=C1NC(C)(C)Cc2ccccc21. The Morgan fingerprint density at radius 1 is 1.00 bits per heavy atom. The molecule has 0 radical (unpaired) electrons. The average Bonchev–Trinajstić information content (AvgIpc) is 2.52. The number of fused-ring (bicyclic) bond motifs is 1. The van der Waals surface area contributed by atoms with E-state index in [-0.39, 0.29) is 11.3 Å². The number of ketones is 1. The highest BCUT2D eigenvalue weighted by Crippen LogP contribution is 2.32. The van der Waals surface area contributed by atoms with Gasteiger partial charge in [0.2, 0.25) is 0 Å². The molecule has 0 fully saturated rings. The van der Waals surface area contributed by atoms with E-state index in [1.807, 2.05) is 43.3 Å². The van der Waals surface area contributed by atoms with E-state index in [2.05, 4.69) is 37.4 Å². The second-order valence-electron chi connectivity index (χ2n) is 6.54. The second-order valence-corrected chi connectivity index (χ2v) is 6.54. The van der Waals surface area contributed by atoms with E-state index < -0.39 is 0 Å². The molecule has 0 saturated carbocycles. The van der Waals surface area contributed by atoms with Gasteiger partial charge >= 0.3 is 0 Å². The maximum absolute atomic E-state index is 12.8. The zero-order valence-electron chi connectivity index (χ0n) is 13.3. The molecule has 0 spiro atoms. The minimum Gasteiger partial charge on any atom is -0.379 e. The van der Waals surface area contributed by atoms with Crippen LogP contribution in [-0.4, -0.2) is 11.3 Å². The van der Waals surface area contributed by atoms with Gasteiger partial charge in [-0.05, 0) is 32.8 Å². The fourth-order valence-electron chi connectivity index (χ4n) is 3.06. The first-order valence-corrected chi connectivity index (χ1v) is 7.65. The Hall–Kier alpha value is -2.35. The molecule has 1 heterocycles. The zero-order chi connectivity index (χ0) is 15.7. The Kier molecular flexibility index (Phi) is 3.61. The normalized spacial score (nSPS) is 18.1. The molecule has 0 atom stereocenters. The van der Waals surface area contributed by atoms with Crippen molar-refractivity contribution in [3.8, 4) is 0 Å².